The van der Waals surface area contributed by atoms with E-state index in [1.54, 1.807) is 0 Å². The first-order valence-electron chi connectivity index (χ1n) is 7.38. The molecule has 0 saturated heterocycles. The second-order valence-electron chi connectivity index (χ2n) is 5.54. The van der Waals surface area contributed by atoms with Gasteiger partial charge in [-0.2, -0.15) is 0 Å². The first-order valence-corrected chi connectivity index (χ1v) is 8.13. The van der Waals surface area contributed by atoms with Gasteiger partial charge in [0, 0.05) is 18.0 Å². The maximum atomic E-state index is 15.4. The number of aryl methyl sites for hydroxylation is 1. The maximum Gasteiger partial charge on any atom is 0.353 e. The molecule has 3 aromatic rings. The van der Waals surface area contributed by atoms with Gasteiger partial charge in [0.25, 0.3) is 0 Å². The predicted molar refractivity (Wildman–Crippen MR) is 97.8 cm³/mol. The molecular weight excluding hydrogens is 405 g/mol. The average Bonchev–Trinajstić information content (AvgIpc) is 2.60. The van der Waals surface area contributed by atoms with Gasteiger partial charge in [0.15, 0.2) is 5.82 Å². The van der Waals surface area contributed by atoms with E-state index in [0.717, 1.165) is 23.7 Å². The third-order valence-electron chi connectivity index (χ3n) is 4.11. The predicted octanol–water partition coefficient (Wildman–Crippen LogP) is 4.71. The maximum absolute atomic E-state index is 15.4. The summed E-state index contributed by atoms with van der Waals surface area (Å²) in [6, 6.07) is 5.04. The number of nitro groups is 1. The minimum absolute atomic E-state index is 0.0214. The number of fused-ring (bicyclic) bond motifs is 1. The number of benzene rings is 2. The van der Waals surface area contributed by atoms with Gasteiger partial charge in [-0.05, 0) is 18.2 Å². The molecule has 0 spiro atoms. The largest absolute Gasteiger partial charge is 0.496 e. The van der Waals surface area contributed by atoms with Gasteiger partial charge in [0.05, 0.1) is 28.1 Å². The topological polar surface area (TPSA) is 74.4 Å². The van der Waals surface area contributed by atoms with Crippen LogP contribution in [0.1, 0.15) is 0 Å². The van der Waals surface area contributed by atoms with Crippen molar-refractivity contribution >= 4 is 39.8 Å². The summed E-state index contributed by atoms with van der Waals surface area (Å²) in [6.45, 7) is 0. The Morgan fingerprint density at radius 3 is 2.48 bits per heavy atom. The van der Waals surface area contributed by atoms with Crippen molar-refractivity contribution < 1.29 is 18.4 Å². The van der Waals surface area contributed by atoms with Gasteiger partial charge in [0.1, 0.15) is 16.6 Å². The number of hydrogen-bond acceptors (Lipinski definition) is 4. The first-order chi connectivity index (χ1) is 12.7. The summed E-state index contributed by atoms with van der Waals surface area (Å²) in [6.07, 6.45) is 0. The Bertz CT molecular complexity index is 1180. The summed E-state index contributed by atoms with van der Waals surface area (Å²) in [5.74, 6) is -1.84. The van der Waals surface area contributed by atoms with E-state index in [1.165, 1.54) is 19.2 Å². The van der Waals surface area contributed by atoms with Crippen molar-refractivity contribution in [1.82, 2.24) is 4.57 Å². The molecular formula is C17H10Cl2F2N2O4. The van der Waals surface area contributed by atoms with Crippen LogP contribution < -0.4 is 10.3 Å². The summed E-state index contributed by atoms with van der Waals surface area (Å²) >= 11 is 12.1. The molecule has 0 bridgehead atoms. The van der Waals surface area contributed by atoms with E-state index in [0.29, 0.717) is 0 Å². The molecule has 0 radical (unpaired) electrons. The standard InChI is InChI=1S/C17H10Cl2F2N2O4/c1-22-15-7(13(19)16(17(22)24)23(25)26)6-8(18)11(14(15)21)12-9(20)4-3-5-10(12)27-2/h3-6H,1-2H3. The number of aromatic nitrogens is 1. The quantitative estimate of drug-likeness (QED) is 0.459. The fourth-order valence-electron chi connectivity index (χ4n) is 2.89. The molecule has 0 aliphatic rings. The number of nitrogens with zero attached hydrogens (tertiary/aromatic N) is 2. The Balaban J connectivity index is 2.55. The molecule has 0 fully saturated rings. The highest BCUT2D eigenvalue weighted by molar-refractivity contribution is 6.39. The highest BCUT2D eigenvalue weighted by atomic mass is 35.5. The summed E-state index contributed by atoms with van der Waals surface area (Å²) < 4.78 is 35.6. The lowest BCUT2D eigenvalue weighted by atomic mass is 10.0. The lowest BCUT2D eigenvalue weighted by Crippen LogP contribution is -2.21. The van der Waals surface area contributed by atoms with Gasteiger partial charge in [-0.3, -0.25) is 14.9 Å². The molecule has 10 heteroatoms. The Labute approximate surface area is 160 Å². The molecule has 140 valence electrons. The van der Waals surface area contributed by atoms with Gasteiger partial charge >= 0.3 is 11.2 Å². The number of methoxy groups -OCH3 is 1. The fourth-order valence-corrected chi connectivity index (χ4v) is 3.47. The van der Waals surface area contributed by atoms with Crippen molar-refractivity contribution in [3.8, 4) is 16.9 Å². The smallest absolute Gasteiger partial charge is 0.353 e. The number of hydrogen-bond donors (Lipinski definition) is 0. The van der Waals surface area contributed by atoms with Gasteiger partial charge in [0.2, 0.25) is 0 Å². The van der Waals surface area contributed by atoms with Gasteiger partial charge in [-0.1, -0.05) is 29.3 Å². The molecule has 0 aliphatic heterocycles. The molecule has 6 nitrogen and oxygen atoms in total. The third kappa shape index (κ3) is 2.81. The molecule has 0 N–H and O–H groups in total. The Morgan fingerprint density at radius 2 is 1.89 bits per heavy atom. The highest BCUT2D eigenvalue weighted by Gasteiger charge is 2.29. The van der Waals surface area contributed by atoms with Crippen LogP contribution in [-0.2, 0) is 7.05 Å². The van der Waals surface area contributed by atoms with Crippen molar-refractivity contribution in [3.05, 3.63) is 66.4 Å². The van der Waals surface area contributed by atoms with E-state index in [-0.39, 0.29) is 32.8 Å². The van der Waals surface area contributed by atoms with Crippen LogP contribution >= 0.6 is 23.2 Å². The molecule has 0 amide bonds. The lowest BCUT2D eigenvalue weighted by molar-refractivity contribution is -0.386. The first kappa shape index (κ1) is 19.1. The SMILES string of the molecule is COc1cccc(F)c1-c1c(Cl)cc2c(Cl)c([N+](=O)[O-])c(=O)n(C)c2c1F. The molecule has 0 unspecified atom stereocenters. The minimum Gasteiger partial charge on any atom is -0.496 e. The number of halogens is 4. The van der Waals surface area contributed by atoms with Crippen LogP contribution in [0.4, 0.5) is 14.5 Å². The van der Waals surface area contributed by atoms with Crippen LogP contribution in [0.3, 0.4) is 0 Å². The Hall–Kier alpha value is -2.71. The zero-order valence-corrected chi connectivity index (χ0v) is 15.4. The van der Waals surface area contributed by atoms with Crippen molar-refractivity contribution in [2.45, 2.75) is 0 Å². The van der Waals surface area contributed by atoms with Crippen LogP contribution in [0.5, 0.6) is 5.75 Å². The van der Waals surface area contributed by atoms with Crippen molar-refractivity contribution in [3.63, 3.8) is 0 Å². The minimum atomic E-state index is -1.11. The van der Waals surface area contributed by atoms with Gasteiger partial charge in [-0.25, -0.2) is 8.78 Å². The monoisotopic (exact) mass is 414 g/mol. The van der Waals surface area contributed by atoms with E-state index >= 15 is 4.39 Å². The molecule has 0 aliphatic carbocycles. The van der Waals surface area contributed by atoms with E-state index in [2.05, 4.69) is 0 Å². The normalized spacial score (nSPS) is 11.0. The average molecular weight is 415 g/mol. The highest BCUT2D eigenvalue weighted by Crippen LogP contribution is 2.43. The molecule has 2 aromatic carbocycles. The van der Waals surface area contributed by atoms with E-state index < -0.39 is 32.8 Å². The number of ether oxygens (including phenoxy) is 1. The Morgan fingerprint density at radius 1 is 1.22 bits per heavy atom. The van der Waals surface area contributed by atoms with Gasteiger partial charge in [-0.15, -0.1) is 0 Å². The molecule has 0 saturated carbocycles. The molecule has 0 atom stereocenters. The van der Waals surface area contributed by atoms with Crippen molar-refractivity contribution in [2.24, 2.45) is 7.05 Å². The van der Waals surface area contributed by atoms with Crippen molar-refractivity contribution in [1.29, 1.82) is 0 Å². The van der Waals surface area contributed by atoms with E-state index in [4.69, 9.17) is 27.9 Å². The van der Waals surface area contributed by atoms with E-state index in [9.17, 15) is 19.3 Å². The van der Waals surface area contributed by atoms with Crippen LogP contribution in [0.2, 0.25) is 10.0 Å². The van der Waals surface area contributed by atoms with Crippen LogP contribution in [0.15, 0.2) is 29.1 Å². The van der Waals surface area contributed by atoms with Crippen LogP contribution in [0.25, 0.3) is 22.0 Å². The third-order valence-corrected chi connectivity index (χ3v) is 4.79. The summed E-state index contributed by atoms with van der Waals surface area (Å²) in [4.78, 5) is 22.4. The fraction of sp³-hybridized carbons (Fsp3) is 0.118. The zero-order chi connectivity index (χ0) is 20.0. The summed E-state index contributed by atoms with van der Waals surface area (Å²) in [5.41, 5.74) is -2.95. The Kier molecular flexibility index (Phi) is 4.79. The number of pyridine rings is 1. The summed E-state index contributed by atoms with van der Waals surface area (Å²) in [7, 11) is 2.43. The second-order valence-corrected chi connectivity index (χ2v) is 6.33. The zero-order valence-electron chi connectivity index (χ0n) is 13.8. The number of rotatable bonds is 3. The molecule has 1 aromatic heterocycles. The van der Waals surface area contributed by atoms with E-state index in [1.807, 2.05) is 0 Å². The van der Waals surface area contributed by atoms with Crippen molar-refractivity contribution in [2.75, 3.05) is 7.11 Å². The summed E-state index contributed by atoms with van der Waals surface area (Å²) in [5, 5.41) is 10.2. The second kappa shape index (κ2) is 6.79. The molecule has 27 heavy (non-hydrogen) atoms. The molecule has 3 rings (SSSR count). The van der Waals surface area contributed by atoms with Crippen LogP contribution in [0, 0.1) is 21.7 Å². The van der Waals surface area contributed by atoms with Gasteiger partial charge < -0.3 is 9.30 Å². The van der Waals surface area contributed by atoms with Crippen LogP contribution in [-0.4, -0.2) is 16.6 Å². The lowest BCUT2D eigenvalue weighted by Gasteiger charge is -2.16. The molecule has 1 heterocycles.